The number of nitrogens with zero attached hydrogens (tertiary/aromatic N) is 2. The largest absolute Gasteiger partial charge is 0.350 e. The van der Waals surface area contributed by atoms with E-state index in [9.17, 15) is 19.2 Å². The molecular weight excluding hydrogens is 617 g/mol. The number of unbranched alkanes of at least 4 members (excludes halogenated alkanes) is 15. The van der Waals surface area contributed by atoms with Crippen molar-refractivity contribution in [2.24, 2.45) is 0 Å². The summed E-state index contributed by atoms with van der Waals surface area (Å²) in [5.74, 6) is 1.22. The molecule has 4 amide bonds. The van der Waals surface area contributed by atoms with Crippen molar-refractivity contribution >= 4 is 45.2 Å². The standard InChI is InChI=1S/C36H58N4O4S2/c1-2-3-4-5-6-8-11-14-17-28-45-46-29-18-15-12-9-7-10-13-16-19-33(41)39-32(24-27-40-34(42)20-21-35(40)43)36(44)38-30-31-22-25-37-26-23-31/h20-23,25-26,32H,2-19,24,27-30H2,1H3,(H,38,44)(H,39,41). The zero-order valence-corrected chi connectivity index (χ0v) is 29.8. The number of aromatic nitrogens is 1. The highest BCUT2D eigenvalue weighted by atomic mass is 33.1. The molecule has 0 fully saturated rings. The lowest BCUT2D eigenvalue weighted by Crippen LogP contribution is -2.48. The molecule has 258 valence electrons. The molecule has 2 heterocycles. The van der Waals surface area contributed by atoms with Crippen LogP contribution in [0.25, 0.3) is 0 Å². The van der Waals surface area contributed by atoms with Gasteiger partial charge in [0.2, 0.25) is 11.8 Å². The van der Waals surface area contributed by atoms with Gasteiger partial charge in [-0.05, 0) is 43.4 Å². The van der Waals surface area contributed by atoms with Gasteiger partial charge in [0.25, 0.3) is 11.8 Å². The molecule has 46 heavy (non-hydrogen) atoms. The number of hydrogen-bond acceptors (Lipinski definition) is 7. The lowest BCUT2D eigenvalue weighted by Gasteiger charge is -2.21. The minimum absolute atomic E-state index is 0.0647. The molecule has 0 radical (unpaired) electrons. The first-order valence-electron chi connectivity index (χ1n) is 17.7. The van der Waals surface area contributed by atoms with Crippen molar-refractivity contribution < 1.29 is 19.2 Å². The van der Waals surface area contributed by atoms with Crippen molar-refractivity contribution in [3.63, 3.8) is 0 Å². The van der Waals surface area contributed by atoms with Gasteiger partial charge >= 0.3 is 0 Å². The summed E-state index contributed by atoms with van der Waals surface area (Å²) in [7, 11) is 4.09. The summed E-state index contributed by atoms with van der Waals surface area (Å²) < 4.78 is 0. The Bertz CT molecular complexity index is 1010. The molecule has 1 aromatic heterocycles. The molecule has 0 saturated carbocycles. The smallest absolute Gasteiger partial charge is 0.253 e. The maximum atomic E-state index is 12.9. The van der Waals surface area contributed by atoms with E-state index >= 15 is 0 Å². The van der Waals surface area contributed by atoms with Crippen LogP contribution in [0.15, 0.2) is 36.7 Å². The quantitative estimate of drug-likeness (QED) is 0.0505. The lowest BCUT2D eigenvalue weighted by molar-refractivity contribution is -0.137. The Balaban J connectivity index is 1.47. The van der Waals surface area contributed by atoms with Crippen LogP contribution in [-0.4, -0.2) is 57.6 Å². The number of amides is 4. The summed E-state index contributed by atoms with van der Waals surface area (Å²) in [5.41, 5.74) is 0.889. The molecule has 0 aliphatic carbocycles. The van der Waals surface area contributed by atoms with E-state index < -0.39 is 17.9 Å². The van der Waals surface area contributed by atoms with Crippen LogP contribution < -0.4 is 10.6 Å². The van der Waals surface area contributed by atoms with Crippen LogP contribution in [-0.2, 0) is 25.7 Å². The number of carbonyl (C=O) groups is 4. The molecule has 1 aromatic rings. The summed E-state index contributed by atoms with van der Waals surface area (Å²) in [6, 6.07) is 2.78. The minimum Gasteiger partial charge on any atom is -0.350 e. The van der Waals surface area contributed by atoms with Crippen molar-refractivity contribution in [1.82, 2.24) is 20.5 Å². The molecule has 1 aliphatic rings. The second-order valence-electron chi connectivity index (χ2n) is 12.2. The molecule has 1 unspecified atom stereocenters. The molecule has 8 nitrogen and oxygen atoms in total. The second-order valence-corrected chi connectivity index (χ2v) is 14.9. The first-order valence-corrected chi connectivity index (χ1v) is 20.2. The monoisotopic (exact) mass is 674 g/mol. The van der Waals surface area contributed by atoms with Gasteiger partial charge in [-0.25, -0.2) is 0 Å². The normalized spacial score (nSPS) is 13.4. The van der Waals surface area contributed by atoms with Gasteiger partial charge in [-0.1, -0.05) is 118 Å². The summed E-state index contributed by atoms with van der Waals surface area (Å²) in [4.78, 5) is 54.6. The van der Waals surface area contributed by atoms with E-state index in [1.165, 1.54) is 114 Å². The number of pyridine rings is 1. The van der Waals surface area contributed by atoms with E-state index in [1.807, 2.05) is 10.8 Å². The van der Waals surface area contributed by atoms with E-state index in [1.54, 1.807) is 24.5 Å². The fourth-order valence-electron chi connectivity index (χ4n) is 5.35. The zero-order chi connectivity index (χ0) is 33.1. The number of imide groups is 1. The van der Waals surface area contributed by atoms with Gasteiger partial charge in [-0.2, -0.15) is 0 Å². The second kappa shape index (κ2) is 26.7. The van der Waals surface area contributed by atoms with E-state index in [0.717, 1.165) is 29.7 Å². The molecule has 1 aliphatic heterocycles. The maximum absolute atomic E-state index is 12.9. The molecule has 0 spiro atoms. The van der Waals surface area contributed by atoms with E-state index in [0.29, 0.717) is 13.0 Å². The van der Waals surface area contributed by atoms with Crippen molar-refractivity contribution in [3.05, 3.63) is 42.2 Å². The molecule has 10 heteroatoms. The molecule has 0 bridgehead atoms. The molecule has 1 atom stereocenters. The Morgan fingerprint density at radius 1 is 0.739 bits per heavy atom. The van der Waals surface area contributed by atoms with Gasteiger partial charge in [0, 0.05) is 55.6 Å². The number of nitrogens with one attached hydrogen (secondary N) is 2. The van der Waals surface area contributed by atoms with Crippen LogP contribution in [0, 0.1) is 0 Å². The summed E-state index contributed by atoms with van der Waals surface area (Å²) in [5, 5.41) is 5.68. The fourth-order valence-corrected chi connectivity index (χ4v) is 7.65. The predicted octanol–water partition coefficient (Wildman–Crippen LogP) is 7.92. The minimum atomic E-state index is -0.831. The first kappa shape index (κ1) is 39.8. The molecule has 2 rings (SSSR count). The highest BCUT2D eigenvalue weighted by Crippen LogP contribution is 2.25. The van der Waals surface area contributed by atoms with Crippen LogP contribution >= 0.6 is 21.6 Å². The number of carbonyl (C=O) groups excluding carboxylic acids is 4. The third-order valence-electron chi connectivity index (χ3n) is 8.21. The first-order chi connectivity index (χ1) is 22.5. The topological polar surface area (TPSA) is 108 Å². The van der Waals surface area contributed by atoms with E-state index in [-0.39, 0.29) is 24.8 Å². The Hall–Kier alpha value is -2.33. The SMILES string of the molecule is CCCCCCCCCCCSSCCCCCCCCCCC(=O)NC(CCN1C(=O)C=CC1=O)C(=O)NCc1ccncc1. The van der Waals surface area contributed by atoms with Gasteiger partial charge in [0.15, 0.2) is 0 Å². The molecule has 0 saturated heterocycles. The van der Waals surface area contributed by atoms with Crippen molar-refractivity contribution in [3.8, 4) is 0 Å². The van der Waals surface area contributed by atoms with Crippen molar-refractivity contribution in [2.45, 2.75) is 142 Å². The van der Waals surface area contributed by atoms with E-state index in [4.69, 9.17) is 0 Å². The third kappa shape index (κ3) is 19.4. The Morgan fingerprint density at radius 2 is 1.24 bits per heavy atom. The Morgan fingerprint density at radius 3 is 1.78 bits per heavy atom. The van der Waals surface area contributed by atoms with Gasteiger partial charge in [0.05, 0.1) is 0 Å². The van der Waals surface area contributed by atoms with Crippen LogP contribution in [0.2, 0.25) is 0 Å². The highest BCUT2D eigenvalue weighted by Gasteiger charge is 2.27. The van der Waals surface area contributed by atoms with Crippen molar-refractivity contribution in [1.29, 1.82) is 0 Å². The fraction of sp³-hybridized carbons (Fsp3) is 0.694. The predicted molar refractivity (Wildman–Crippen MR) is 192 cm³/mol. The van der Waals surface area contributed by atoms with Crippen LogP contribution in [0.5, 0.6) is 0 Å². The van der Waals surface area contributed by atoms with Gasteiger partial charge in [-0.3, -0.25) is 29.1 Å². The van der Waals surface area contributed by atoms with E-state index in [2.05, 4.69) is 33.3 Å². The molecule has 2 N–H and O–H groups in total. The van der Waals surface area contributed by atoms with Gasteiger partial charge in [0.1, 0.15) is 6.04 Å². The maximum Gasteiger partial charge on any atom is 0.253 e. The molecular formula is C36H58N4O4S2. The average Bonchev–Trinajstić information content (AvgIpc) is 3.39. The van der Waals surface area contributed by atoms with Crippen molar-refractivity contribution in [2.75, 3.05) is 18.1 Å². The lowest BCUT2D eigenvalue weighted by atomic mass is 10.1. The summed E-state index contributed by atoms with van der Waals surface area (Å²) >= 11 is 0. The molecule has 0 aromatic carbocycles. The number of rotatable bonds is 29. The van der Waals surface area contributed by atoms with Crippen LogP contribution in [0.4, 0.5) is 0 Å². The zero-order valence-electron chi connectivity index (χ0n) is 28.1. The summed E-state index contributed by atoms with van der Waals surface area (Å²) in [6.45, 7) is 2.64. The van der Waals surface area contributed by atoms with Gasteiger partial charge in [-0.15, -0.1) is 0 Å². The van der Waals surface area contributed by atoms with Gasteiger partial charge < -0.3 is 10.6 Å². The van der Waals surface area contributed by atoms with Crippen LogP contribution in [0.3, 0.4) is 0 Å². The Kier molecular flexibility index (Phi) is 23.1. The Labute approximate surface area is 285 Å². The summed E-state index contributed by atoms with van der Waals surface area (Å²) in [6.07, 6.45) is 28.0. The third-order valence-corrected chi connectivity index (χ3v) is 10.8. The highest BCUT2D eigenvalue weighted by molar-refractivity contribution is 8.76. The average molecular weight is 675 g/mol. The number of hydrogen-bond donors (Lipinski definition) is 2. The van der Waals surface area contributed by atoms with Crippen LogP contribution in [0.1, 0.15) is 134 Å².